The van der Waals surface area contributed by atoms with Crippen LogP contribution in [0.5, 0.6) is 5.75 Å². The minimum Gasteiger partial charge on any atom is -0.490 e. The van der Waals surface area contributed by atoms with E-state index in [4.69, 9.17) is 25.8 Å². The van der Waals surface area contributed by atoms with Crippen LogP contribution in [0.25, 0.3) is 0 Å². The summed E-state index contributed by atoms with van der Waals surface area (Å²) in [5, 5.41) is 12.3. The second kappa shape index (κ2) is 15.0. The van der Waals surface area contributed by atoms with Gasteiger partial charge in [-0.3, -0.25) is 9.69 Å². The first-order valence-corrected chi connectivity index (χ1v) is 20.5. The first-order valence-electron chi connectivity index (χ1n) is 18.6. The number of nitrogens with one attached hydrogen (secondary N) is 1. The van der Waals surface area contributed by atoms with Crippen LogP contribution in [0.15, 0.2) is 48.6 Å². The van der Waals surface area contributed by atoms with Crippen LogP contribution in [-0.4, -0.2) is 101 Å². The third-order valence-electron chi connectivity index (χ3n) is 12.2. The molecule has 10 nitrogen and oxygen atoms in total. The number of hydrogen-bond acceptors (Lipinski definition) is 9. The maximum absolute atomic E-state index is 13.5. The van der Waals surface area contributed by atoms with Gasteiger partial charge >= 0.3 is 0 Å². The van der Waals surface area contributed by atoms with Gasteiger partial charge in [0.2, 0.25) is 10.0 Å². The van der Waals surface area contributed by atoms with E-state index in [2.05, 4.69) is 26.7 Å². The molecule has 3 aliphatic heterocycles. The van der Waals surface area contributed by atoms with Crippen LogP contribution in [0.4, 0.5) is 5.69 Å². The summed E-state index contributed by atoms with van der Waals surface area (Å²) < 4.78 is 47.6. The molecular formula is C39H52ClN3O7S. The number of anilines is 1. The molecule has 0 unspecified atom stereocenters. The standard InChI is InChI=1S/C39H52ClN3O7S/c1-27-5-3-14-39(45,26-49-20-17-42-15-18-48-19-16-42)34-10-7-31(34)23-43-24-38(13-4-6-29-21-32(40)9-11-33(29)38)25-50-36-12-8-30(22-35(36)43)37(44)41-51(46,47)28(27)2/h3,8-9,11-12,14,21-22,27-28,31,34,45H,4-7,10,13,15-20,23-26H2,1-2H3,(H,41,44)/b14-3+/t27-,28+,31-,34+,38-,39-/m0/s1. The fourth-order valence-corrected chi connectivity index (χ4v) is 10.3. The summed E-state index contributed by atoms with van der Waals surface area (Å²) in [5.74, 6) is -0.201. The molecule has 3 heterocycles. The number of sulfonamides is 1. The summed E-state index contributed by atoms with van der Waals surface area (Å²) >= 11 is 6.46. The van der Waals surface area contributed by atoms with Gasteiger partial charge in [-0.05, 0) is 105 Å². The highest BCUT2D eigenvalue weighted by Gasteiger charge is 2.48. The van der Waals surface area contributed by atoms with Gasteiger partial charge in [0.05, 0.1) is 44.0 Å². The number of aliphatic hydroxyl groups is 1. The largest absolute Gasteiger partial charge is 0.490 e. The van der Waals surface area contributed by atoms with E-state index in [1.807, 2.05) is 25.1 Å². The van der Waals surface area contributed by atoms with Gasteiger partial charge in [0.15, 0.2) is 0 Å². The van der Waals surface area contributed by atoms with Crippen LogP contribution < -0.4 is 14.4 Å². The molecule has 1 saturated carbocycles. The molecule has 7 rings (SSSR count). The normalized spacial score (nSPS) is 33.2. The number of allylic oxidation sites excluding steroid dienone is 1. The Morgan fingerprint density at radius 2 is 1.94 bits per heavy atom. The Hall–Kier alpha value is -2.67. The molecule has 5 aliphatic rings. The number of rotatable bonds is 5. The molecule has 2 bridgehead atoms. The van der Waals surface area contributed by atoms with E-state index >= 15 is 0 Å². The number of halogens is 1. The van der Waals surface area contributed by atoms with E-state index in [0.717, 1.165) is 75.7 Å². The molecule has 6 atom stereocenters. The molecular weight excluding hydrogens is 690 g/mol. The Bertz CT molecular complexity index is 1730. The van der Waals surface area contributed by atoms with E-state index in [-0.39, 0.29) is 35.3 Å². The zero-order valence-electron chi connectivity index (χ0n) is 29.8. The van der Waals surface area contributed by atoms with Gasteiger partial charge in [0.25, 0.3) is 5.91 Å². The van der Waals surface area contributed by atoms with E-state index in [1.54, 1.807) is 25.1 Å². The van der Waals surface area contributed by atoms with Crippen molar-refractivity contribution in [2.24, 2.45) is 17.8 Å². The highest BCUT2D eigenvalue weighted by molar-refractivity contribution is 7.90. The van der Waals surface area contributed by atoms with Crippen molar-refractivity contribution in [3.63, 3.8) is 0 Å². The summed E-state index contributed by atoms with van der Waals surface area (Å²) in [6.07, 6.45) is 8.89. The average molecular weight is 742 g/mol. The molecule has 2 fully saturated rings. The summed E-state index contributed by atoms with van der Waals surface area (Å²) in [7, 11) is -3.99. The molecule has 0 aromatic heterocycles. The highest BCUT2D eigenvalue weighted by atomic mass is 35.5. The Balaban J connectivity index is 1.23. The van der Waals surface area contributed by atoms with E-state index in [0.29, 0.717) is 38.5 Å². The van der Waals surface area contributed by atoms with Crippen LogP contribution in [-0.2, 0) is 31.3 Å². The predicted octanol–water partition coefficient (Wildman–Crippen LogP) is 4.96. The number of aryl methyl sites for hydroxylation is 1. The van der Waals surface area contributed by atoms with Crippen molar-refractivity contribution in [2.75, 3.05) is 70.7 Å². The Labute approximate surface area is 307 Å². The van der Waals surface area contributed by atoms with Crippen molar-refractivity contribution >= 4 is 33.2 Å². The van der Waals surface area contributed by atoms with Gasteiger partial charge in [-0.2, -0.15) is 0 Å². The van der Waals surface area contributed by atoms with Crippen molar-refractivity contribution < 1.29 is 32.5 Å². The number of nitrogens with zero attached hydrogens (tertiary/aromatic N) is 2. The summed E-state index contributed by atoms with van der Waals surface area (Å²) in [6.45, 7) is 9.89. The second-order valence-corrected chi connectivity index (χ2v) is 18.0. The number of morpholine rings is 1. The molecule has 12 heteroatoms. The van der Waals surface area contributed by atoms with Crippen molar-refractivity contribution in [3.05, 3.63) is 70.3 Å². The van der Waals surface area contributed by atoms with Gasteiger partial charge in [-0.25, -0.2) is 13.1 Å². The van der Waals surface area contributed by atoms with Crippen molar-refractivity contribution in [1.82, 2.24) is 9.62 Å². The number of benzene rings is 2. The molecule has 278 valence electrons. The van der Waals surface area contributed by atoms with Gasteiger partial charge in [0, 0.05) is 48.7 Å². The van der Waals surface area contributed by atoms with Crippen LogP contribution >= 0.6 is 11.6 Å². The van der Waals surface area contributed by atoms with Crippen molar-refractivity contribution in [2.45, 2.75) is 68.6 Å². The zero-order valence-corrected chi connectivity index (χ0v) is 31.4. The maximum Gasteiger partial charge on any atom is 0.264 e. The van der Waals surface area contributed by atoms with Crippen molar-refractivity contribution in [1.29, 1.82) is 0 Å². The molecule has 1 saturated heterocycles. The van der Waals surface area contributed by atoms with E-state index in [9.17, 15) is 18.3 Å². The van der Waals surface area contributed by atoms with E-state index in [1.165, 1.54) is 11.1 Å². The summed E-state index contributed by atoms with van der Waals surface area (Å²) in [6, 6.07) is 11.4. The van der Waals surface area contributed by atoms with Crippen LogP contribution in [0.3, 0.4) is 0 Å². The van der Waals surface area contributed by atoms with Crippen LogP contribution in [0, 0.1) is 17.8 Å². The Kier molecular flexibility index (Phi) is 10.8. The summed E-state index contributed by atoms with van der Waals surface area (Å²) in [4.78, 5) is 18.2. The highest BCUT2D eigenvalue weighted by Crippen LogP contribution is 2.48. The maximum atomic E-state index is 13.5. The molecule has 1 spiro atoms. The van der Waals surface area contributed by atoms with Crippen molar-refractivity contribution in [3.8, 4) is 5.75 Å². The number of hydrogen-bond donors (Lipinski definition) is 2. The molecule has 2 aliphatic carbocycles. The van der Waals surface area contributed by atoms with E-state index < -0.39 is 26.8 Å². The number of ether oxygens (including phenoxy) is 3. The zero-order chi connectivity index (χ0) is 35.8. The Morgan fingerprint density at radius 1 is 1.12 bits per heavy atom. The van der Waals surface area contributed by atoms with Gasteiger partial charge in [-0.15, -0.1) is 0 Å². The lowest BCUT2D eigenvalue weighted by molar-refractivity contribution is -0.0981. The molecule has 1 amide bonds. The number of carbonyl (C=O) groups excluding carboxylic acids is 1. The topological polar surface area (TPSA) is 118 Å². The lowest BCUT2D eigenvalue weighted by atomic mass is 9.64. The lowest BCUT2D eigenvalue weighted by Gasteiger charge is -2.49. The predicted molar refractivity (Wildman–Crippen MR) is 198 cm³/mol. The second-order valence-electron chi connectivity index (χ2n) is 15.5. The smallest absolute Gasteiger partial charge is 0.264 e. The summed E-state index contributed by atoms with van der Waals surface area (Å²) in [5.41, 5.74) is 1.97. The van der Waals surface area contributed by atoms with Gasteiger partial charge < -0.3 is 24.2 Å². The number of amides is 1. The third-order valence-corrected chi connectivity index (χ3v) is 14.4. The Morgan fingerprint density at radius 3 is 2.73 bits per heavy atom. The lowest BCUT2D eigenvalue weighted by Crippen LogP contribution is -2.54. The SMILES string of the molecule is C[C@@H]1[C@@H](C)C/C=C/[C@](O)(COCCN2CCOCC2)[C@@H]2CC[C@H]2CN2C[C@@]3(CCCc4cc(Cl)ccc43)COc3ccc(cc32)C(=O)NS1(=O)=O. The monoisotopic (exact) mass is 741 g/mol. The first-order chi connectivity index (χ1) is 24.5. The number of carbonyl (C=O) groups is 1. The van der Waals surface area contributed by atoms with Crippen LogP contribution in [0.2, 0.25) is 5.02 Å². The van der Waals surface area contributed by atoms with Gasteiger partial charge in [0.1, 0.15) is 11.4 Å². The minimum atomic E-state index is -3.99. The first kappa shape index (κ1) is 36.7. The number of fused-ring (bicyclic) bond motifs is 4. The molecule has 2 aromatic carbocycles. The quantitative estimate of drug-likeness (QED) is 0.324. The van der Waals surface area contributed by atoms with Crippen LogP contribution in [0.1, 0.15) is 67.4 Å². The third kappa shape index (κ3) is 7.71. The molecule has 2 aromatic rings. The fraction of sp³-hybridized carbons (Fsp3) is 0.615. The molecule has 0 radical (unpaired) electrons. The fourth-order valence-electron chi connectivity index (χ4n) is 8.78. The molecule has 51 heavy (non-hydrogen) atoms. The minimum absolute atomic E-state index is 0.0611. The molecule has 2 N–H and O–H groups in total. The average Bonchev–Trinajstić information content (AvgIpc) is 3.24. The van der Waals surface area contributed by atoms with Gasteiger partial charge in [-0.1, -0.05) is 36.7 Å².